The summed E-state index contributed by atoms with van der Waals surface area (Å²) in [5, 5.41) is 0.530. The maximum Gasteiger partial charge on any atom is 0.268 e. The summed E-state index contributed by atoms with van der Waals surface area (Å²) in [7, 11) is 0.0743. The average molecular weight is 362 g/mol. The lowest BCUT2D eigenvalue weighted by Gasteiger charge is -2.12. The van der Waals surface area contributed by atoms with E-state index in [1.54, 1.807) is 18.2 Å². The summed E-state index contributed by atoms with van der Waals surface area (Å²) in [4.78, 5) is 2.10. The fraction of sp³-hybridized carbons (Fsp3) is 0.222. The largest absolute Gasteiger partial charge is 0.492 e. The number of nitrogens with zero attached hydrogens (tertiary/aromatic N) is 2. The molecule has 132 valence electrons. The summed E-state index contributed by atoms with van der Waals surface area (Å²) in [6.07, 6.45) is 1.43. The van der Waals surface area contributed by atoms with E-state index in [0.29, 0.717) is 23.3 Å². The number of aromatic nitrogens is 1. The third-order valence-electron chi connectivity index (χ3n) is 3.79. The van der Waals surface area contributed by atoms with Gasteiger partial charge in [0.15, 0.2) is 0 Å². The van der Waals surface area contributed by atoms with E-state index in [1.165, 1.54) is 36.5 Å². The van der Waals surface area contributed by atoms with Crippen LogP contribution < -0.4 is 4.74 Å². The maximum absolute atomic E-state index is 13.3. The highest BCUT2D eigenvalue weighted by atomic mass is 32.2. The van der Waals surface area contributed by atoms with E-state index in [2.05, 4.69) is 0 Å². The zero-order valence-corrected chi connectivity index (χ0v) is 14.8. The van der Waals surface area contributed by atoms with Gasteiger partial charge in [0.2, 0.25) is 0 Å². The number of fused-ring (bicyclic) bond motifs is 1. The van der Waals surface area contributed by atoms with Gasteiger partial charge < -0.3 is 9.64 Å². The van der Waals surface area contributed by atoms with Gasteiger partial charge in [0.1, 0.15) is 18.2 Å². The summed E-state index contributed by atoms with van der Waals surface area (Å²) in [5.41, 5.74) is 0.431. The number of likely N-dealkylation sites (N-methyl/N-ethyl adjacent to an activating group) is 1. The molecule has 0 saturated carbocycles. The Morgan fingerprint density at radius 2 is 1.92 bits per heavy atom. The number of benzene rings is 2. The molecule has 0 aliphatic rings. The molecule has 0 atom stereocenters. The minimum Gasteiger partial charge on any atom is -0.492 e. The van der Waals surface area contributed by atoms with Crippen molar-refractivity contribution < 1.29 is 17.5 Å². The smallest absolute Gasteiger partial charge is 0.268 e. The molecule has 7 heteroatoms. The molecule has 0 amide bonds. The van der Waals surface area contributed by atoms with Gasteiger partial charge in [-0.15, -0.1) is 0 Å². The van der Waals surface area contributed by atoms with Crippen molar-refractivity contribution in [1.82, 2.24) is 8.87 Å². The highest BCUT2D eigenvalue weighted by Crippen LogP contribution is 2.25. The van der Waals surface area contributed by atoms with Gasteiger partial charge in [0.05, 0.1) is 10.4 Å². The minimum absolute atomic E-state index is 0.122. The molecule has 2 aromatic carbocycles. The van der Waals surface area contributed by atoms with Crippen LogP contribution in [-0.4, -0.2) is 44.5 Å². The molecule has 0 fully saturated rings. The first-order valence-corrected chi connectivity index (χ1v) is 9.22. The van der Waals surface area contributed by atoms with Crippen molar-refractivity contribution in [1.29, 1.82) is 0 Å². The molecular formula is C18H19FN2O3S. The van der Waals surface area contributed by atoms with Gasteiger partial charge >= 0.3 is 0 Å². The Balaban J connectivity index is 1.94. The molecule has 5 nitrogen and oxygen atoms in total. The predicted octanol–water partition coefficient (Wildman–Crippen LogP) is 2.96. The highest BCUT2D eigenvalue weighted by Gasteiger charge is 2.19. The first-order chi connectivity index (χ1) is 11.9. The molecule has 0 saturated heterocycles. The van der Waals surface area contributed by atoms with E-state index in [9.17, 15) is 12.8 Å². The SMILES string of the molecule is CN(C)CCOc1cccc(S(=O)(=O)n2ccc3cc(F)ccc32)c1. The molecule has 0 aliphatic carbocycles. The molecule has 25 heavy (non-hydrogen) atoms. The van der Waals surface area contributed by atoms with Crippen molar-refractivity contribution in [2.24, 2.45) is 0 Å². The van der Waals surface area contributed by atoms with Crippen molar-refractivity contribution in [3.8, 4) is 5.75 Å². The van der Waals surface area contributed by atoms with E-state index in [1.807, 2.05) is 19.0 Å². The Bertz CT molecular complexity index is 996. The Morgan fingerprint density at radius 3 is 2.68 bits per heavy atom. The third-order valence-corrected chi connectivity index (χ3v) is 5.47. The maximum atomic E-state index is 13.3. The van der Waals surface area contributed by atoms with E-state index < -0.39 is 15.8 Å². The Hall–Kier alpha value is -2.38. The fourth-order valence-corrected chi connectivity index (χ4v) is 3.87. The van der Waals surface area contributed by atoms with Crippen molar-refractivity contribution >= 4 is 20.9 Å². The second kappa shape index (κ2) is 6.85. The first-order valence-electron chi connectivity index (χ1n) is 7.78. The van der Waals surface area contributed by atoms with Crippen molar-refractivity contribution in [2.75, 3.05) is 27.2 Å². The van der Waals surface area contributed by atoms with E-state index in [4.69, 9.17) is 4.74 Å². The van der Waals surface area contributed by atoms with Gasteiger partial charge in [-0.1, -0.05) is 6.07 Å². The zero-order chi connectivity index (χ0) is 18.0. The van der Waals surface area contributed by atoms with Gasteiger partial charge in [-0.25, -0.2) is 16.8 Å². The van der Waals surface area contributed by atoms with Gasteiger partial charge in [-0.3, -0.25) is 0 Å². The van der Waals surface area contributed by atoms with Crippen LogP contribution in [0.1, 0.15) is 0 Å². The van der Waals surface area contributed by atoms with Gasteiger partial charge in [-0.05, 0) is 50.5 Å². The Morgan fingerprint density at radius 1 is 1.12 bits per heavy atom. The number of hydrogen-bond acceptors (Lipinski definition) is 4. The van der Waals surface area contributed by atoms with Crippen LogP contribution in [0.5, 0.6) is 5.75 Å². The van der Waals surface area contributed by atoms with Crippen LogP contribution in [0.25, 0.3) is 10.9 Å². The lowest BCUT2D eigenvalue weighted by molar-refractivity contribution is 0.261. The van der Waals surface area contributed by atoms with Crippen LogP contribution in [0.15, 0.2) is 59.6 Å². The van der Waals surface area contributed by atoms with Crippen LogP contribution >= 0.6 is 0 Å². The molecule has 0 spiro atoms. The molecule has 0 unspecified atom stereocenters. The van der Waals surface area contributed by atoms with Crippen molar-refractivity contribution in [2.45, 2.75) is 4.90 Å². The Labute approximate surface area is 146 Å². The average Bonchev–Trinajstić information content (AvgIpc) is 2.98. The van der Waals surface area contributed by atoms with Gasteiger partial charge in [0, 0.05) is 24.2 Å². The van der Waals surface area contributed by atoms with Gasteiger partial charge in [0.25, 0.3) is 10.0 Å². The first kappa shape index (κ1) is 17.4. The quantitative estimate of drug-likeness (QED) is 0.677. The second-order valence-corrected chi connectivity index (χ2v) is 7.76. The monoisotopic (exact) mass is 362 g/mol. The van der Waals surface area contributed by atoms with E-state index in [-0.39, 0.29) is 4.90 Å². The van der Waals surface area contributed by atoms with Crippen LogP contribution in [0.2, 0.25) is 0 Å². The molecule has 3 aromatic rings. The van der Waals surface area contributed by atoms with Crippen molar-refractivity contribution in [3.63, 3.8) is 0 Å². The molecular weight excluding hydrogens is 343 g/mol. The molecule has 1 heterocycles. The zero-order valence-electron chi connectivity index (χ0n) is 14.0. The van der Waals surface area contributed by atoms with Crippen molar-refractivity contribution in [3.05, 3.63) is 60.5 Å². The molecule has 0 aliphatic heterocycles. The highest BCUT2D eigenvalue weighted by molar-refractivity contribution is 7.90. The number of hydrogen-bond donors (Lipinski definition) is 0. The summed E-state index contributed by atoms with van der Waals surface area (Å²) < 4.78 is 45.9. The number of halogens is 1. The minimum atomic E-state index is -3.80. The standard InChI is InChI=1S/C18H19FN2O3S/c1-20(2)10-11-24-16-4-3-5-17(13-16)25(22,23)21-9-8-14-12-15(19)6-7-18(14)21/h3-9,12-13H,10-11H2,1-2H3. The lowest BCUT2D eigenvalue weighted by atomic mass is 10.2. The van der Waals surface area contributed by atoms with Crippen LogP contribution in [-0.2, 0) is 10.0 Å². The lowest BCUT2D eigenvalue weighted by Crippen LogP contribution is -2.19. The molecule has 3 rings (SSSR count). The van der Waals surface area contributed by atoms with Crippen LogP contribution in [0.3, 0.4) is 0 Å². The summed E-state index contributed by atoms with van der Waals surface area (Å²) >= 11 is 0. The number of rotatable bonds is 6. The molecule has 0 N–H and O–H groups in total. The molecule has 1 aromatic heterocycles. The van der Waals surface area contributed by atoms with Crippen LogP contribution in [0, 0.1) is 5.82 Å². The predicted molar refractivity (Wildman–Crippen MR) is 95.0 cm³/mol. The van der Waals surface area contributed by atoms with Crippen LogP contribution in [0.4, 0.5) is 4.39 Å². The summed E-state index contributed by atoms with van der Waals surface area (Å²) in [5.74, 6) is 0.0874. The normalized spacial score (nSPS) is 12.0. The number of ether oxygens (including phenoxy) is 1. The van der Waals surface area contributed by atoms with E-state index >= 15 is 0 Å². The topological polar surface area (TPSA) is 51.5 Å². The summed E-state index contributed by atoms with van der Waals surface area (Å²) in [6, 6.07) is 12.0. The fourth-order valence-electron chi connectivity index (χ4n) is 2.48. The summed E-state index contributed by atoms with van der Waals surface area (Å²) in [6.45, 7) is 1.19. The van der Waals surface area contributed by atoms with E-state index in [0.717, 1.165) is 10.5 Å². The molecule has 0 bridgehead atoms. The molecule has 0 radical (unpaired) electrons. The second-order valence-electron chi connectivity index (χ2n) is 5.95. The third kappa shape index (κ3) is 3.67. The van der Waals surface area contributed by atoms with Gasteiger partial charge in [-0.2, -0.15) is 0 Å². The Kier molecular flexibility index (Phi) is 4.78.